The number of carbonyl (C=O) groups is 3. The number of fused-ring (bicyclic) bond motifs is 1. The van der Waals surface area contributed by atoms with Gasteiger partial charge >= 0.3 is 5.97 Å². The highest BCUT2D eigenvalue weighted by atomic mass is 79.9. The minimum absolute atomic E-state index is 0.0399. The largest absolute Gasteiger partial charge is 0.454 e. The smallest absolute Gasteiger partial charge is 0.325 e. The summed E-state index contributed by atoms with van der Waals surface area (Å²) in [5, 5.41) is 5.76. The highest BCUT2D eigenvalue weighted by Gasteiger charge is 2.18. The van der Waals surface area contributed by atoms with Crippen LogP contribution in [0.25, 0.3) is 10.1 Å². The summed E-state index contributed by atoms with van der Waals surface area (Å²) < 4.78 is 19.8. The molecule has 0 spiro atoms. The van der Waals surface area contributed by atoms with Crippen LogP contribution in [0, 0.1) is 5.82 Å². The number of carbonyl (C=O) groups excluding carboxylic acids is 3. The van der Waals surface area contributed by atoms with Crippen LogP contribution in [0.5, 0.6) is 0 Å². The zero-order valence-corrected chi connectivity index (χ0v) is 17.8. The highest BCUT2D eigenvalue weighted by Crippen LogP contribution is 2.34. The van der Waals surface area contributed by atoms with Gasteiger partial charge in [-0.05, 0) is 24.3 Å². The van der Waals surface area contributed by atoms with Crippen molar-refractivity contribution in [3.05, 3.63) is 62.7 Å². The molecule has 10 heteroatoms. The molecular weight excluding hydrogens is 487 g/mol. The van der Waals surface area contributed by atoms with Crippen LogP contribution in [0.15, 0.2) is 46.9 Å². The second-order valence-corrected chi connectivity index (χ2v) is 8.10. The first-order valence-electron chi connectivity index (χ1n) is 8.21. The Bertz CT molecular complexity index is 1110. The van der Waals surface area contributed by atoms with Crippen molar-refractivity contribution in [2.24, 2.45) is 0 Å². The van der Waals surface area contributed by atoms with E-state index in [-0.39, 0.29) is 10.6 Å². The lowest BCUT2D eigenvalue weighted by molar-refractivity contribution is -0.146. The molecule has 0 aliphatic carbocycles. The molecule has 1 aromatic heterocycles. The number of amides is 2. The third kappa shape index (κ3) is 5.31. The Balaban J connectivity index is 1.48. The van der Waals surface area contributed by atoms with Crippen molar-refractivity contribution in [2.75, 3.05) is 18.5 Å². The number of rotatable bonds is 6. The Morgan fingerprint density at radius 2 is 1.93 bits per heavy atom. The molecule has 2 N–H and O–H groups in total. The summed E-state index contributed by atoms with van der Waals surface area (Å²) in [6.07, 6.45) is 0. The van der Waals surface area contributed by atoms with Crippen LogP contribution in [-0.2, 0) is 14.3 Å². The van der Waals surface area contributed by atoms with Gasteiger partial charge in [-0.3, -0.25) is 14.4 Å². The average Bonchev–Trinajstić information content (AvgIpc) is 3.04. The number of hydrogen-bond donors (Lipinski definition) is 2. The zero-order valence-electron chi connectivity index (χ0n) is 14.6. The molecule has 0 saturated carbocycles. The van der Waals surface area contributed by atoms with Crippen LogP contribution >= 0.6 is 38.9 Å². The summed E-state index contributed by atoms with van der Waals surface area (Å²) in [6, 6.07) is 11.4. The topological polar surface area (TPSA) is 84.5 Å². The van der Waals surface area contributed by atoms with E-state index in [1.807, 2.05) is 18.2 Å². The Hall–Kier alpha value is -2.49. The lowest BCUT2D eigenvalue weighted by Gasteiger charge is -2.08. The Labute approximate surface area is 182 Å². The van der Waals surface area contributed by atoms with Crippen LogP contribution < -0.4 is 10.6 Å². The van der Waals surface area contributed by atoms with E-state index in [1.165, 1.54) is 23.5 Å². The second-order valence-electron chi connectivity index (χ2n) is 5.76. The van der Waals surface area contributed by atoms with Crippen LogP contribution in [0.1, 0.15) is 9.67 Å². The molecule has 0 radical (unpaired) electrons. The lowest BCUT2D eigenvalue weighted by Crippen LogP contribution is -2.32. The molecule has 1 heterocycles. The predicted octanol–water partition coefficient (Wildman–Crippen LogP) is 4.37. The number of benzene rings is 2. The van der Waals surface area contributed by atoms with Crippen LogP contribution in [0.3, 0.4) is 0 Å². The summed E-state index contributed by atoms with van der Waals surface area (Å²) in [5.74, 6) is -2.68. The Morgan fingerprint density at radius 3 is 2.66 bits per heavy atom. The van der Waals surface area contributed by atoms with E-state index < -0.39 is 36.8 Å². The van der Waals surface area contributed by atoms with Gasteiger partial charge in [0, 0.05) is 14.6 Å². The van der Waals surface area contributed by atoms with Crippen molar-refractivity contribution in [3.63, 3.8) is 0 Å². The number of thiophene rings is 1. The number of anilines is 1. The maximum Gasteiger partial charge on any atom is 0.325 e. The van der Waals surface area contributed by atoms with Gasteiger partial charge in [0.2, 0.25) is 0 Å². The Kier molecular flexibility index (Phi) is 6.83. The van der Waals surface area contributed by atoms with E-state index >= 15 is 0 Å². The molecular formula is C19H13BrClFN2O4S. The quantitative estimate of drug-likeness (QED) is 0.493. The Morgan fingerprint density at radius 1 is 1.17 bits per heavy atom. The van der Waals surface area contributed by atoms with E-state index in [2.05, 4.69) is 26.6 Å². The molecule has 2 aromatic carbocycles. The maximum absolute atomic E-state index is 13.7. The first kappa shape index (κ1) is 21.2. The van der Waals surface area contributed by atoms with Crippen molar-refractivity contribution < 1.29 is 23.5 Å². The standard InChI is InChI=1S/C19H13BrClFN2O4S/c20-10-5-6-13(12(22)7-10)24-15(25)9-28-16(26)8-23-19(27)18-17(21)11-3-1-2-4-14(11)29-18/h1-7H,8-9H2,(H,23,27)(H,24,25). The van der Waals surface area contributed by atoms with E-state index in [1.54, 1.807) is 12.1 Å². The van der Waals surface area contributed by atoms with Crippen LogP contribution in [0.2, 0.25) is 5.02 Å². The molecule has 3 rings (SSSR count). The fourth-order valence-corrected chi connectivity index (χ4v) is 4.13. The average molecular weight is 500 g/mol. The molecule has 0 bridgehead atoms. The maximum atomic E-state index is 13.7. The molecule has 0 unspecified atom stereocenters. The molecule has 0 aliphatic rings. The molecule has 0 saturated heterocycles. The summed E-state index contributed by atoms with van der Waals surface area (Å²) in [4.78, 5) is 36.1. The van der Waals surface area contributed by atoms with Gasteiger partial charge in [0.1, 0.15) is 17.2 Å². The molecule has 150 valence electrons. The minimum Gasteiger partial charge on any atom is -0.454 e. The minimum atomic E-state index is -0.818. The van der Waals surface area contributed by atoms with E-state index in [0.29, 0.717) is 9.50 Å². The van der Waals surface area contributed by atoms with Crippen molar-refractivity contribution >= 4 is 72.4 Å². The molecule has 0 atom stereocenters. The first-order valence-corrected chi connectivity index (χ1v) is 10.2. The van der Waals surface area contributed by atoms with Gasteiger partial charge in [-0.1, -0.05) is 45.7 Å². The lowest BCUT2D eigenvalue weighted by atomic mass is 10.2. The fourth-order valence-electron chi connectivity index (χ4n) is 2.37. The summed E-state index contributed by atoms with van der Waals surface area (Å²) in [7, 11) is 0. The second kappa shape index (κ2) is 9.34. The molecule has 6 nitrogen and oxygen atoms in total. The van der Waals surface area contributed by atoms with Gasteiger partial charge in [-0.15, -0.1) is 11.3 Å². The zero-order chi connectivity index (χ0) is 21.0. The third-order valence-electron chi connectivity index (χ3n) is 3.70. The van der Waals surface area contributed by atoms with Gasteiger partial charge in [-0.25, -0.2) is 4.39 Å². The number of esters is 1. The number of hydrogen-bond acceptors (Lipinski definition) is 5. The molecule has 29 heavy (non-hydrogen) atoms. The van der Waals surface area contributed by atoms with Gasteiger partial charge in [0.25, 0.3) is 11.8 Å². The van der Waals surface area contributed by atoms with Crippen molar-refractivity contribution in [1.82, 2.24) is 5.32 Å². The van der Waals surface area contributed by atoms with Gasteiger partial charge in [0.15, 0.2) is 6.61 Å². The van der Waals surface area contributed by atoms with Crippen molar-refractivity contribution in [3.8, 4) is 0 Å². The molecule has 3 aromatic rings. The summed E-state index contributed by atoms with van der Waals surface area (Å²) in [6.45, 7) is -1.06. The van der Waals surface area contributed by atoms with Crippen molar-refractivity contribution in [1.29, 1.82) is 0 Å². The number of nitrogens with one attached hydrogen (secondary N) is 2. The molecule has 0 fully saturated rings. The number of halogens is 3. The highest BCUT2D eigenvalue weighted by molar-refractivity contribution is 9.10. The van der Waals surface area contributed by atoms with E-state index in [0.717, 1.165) is 10.1 Å². The molecule has 0 aliphatic heterocycles. The SMILES string of the molecule is O=C(COC(=O)CNC(=O)c1sc2ccccc2c1Cl)Nc1ccc(Br)cc1F. The fraction of sp³-hybridized carbons (Fsp3) is 0.105. The van der Waals surface area contributed by atoms with Gasteiger partial charge < -0.3 is 15.4 Å². The summed E-state index contributed by atoms with van der Waals surface area (Å²) >= 11 is 10.5. The third-order valence-corrected chi connectivity index (χ3v) is 5.87. The predicted molar refractivity (Wildman–Crippen MR) is 113 cm³/mol. The van der Waals surface area contributed by atoms with Crippen molar-refractivity contribution in [2.45, 2.75) is 0 Å². The monoisotopic (exact) mass is 498 g/mol. The van der Waals surface area contributed by atoms with Crippen LogP contribution in [0.4, 0.5) is 10.1 Å². The first-order chi connectivity index (χ1) is 13.8. The van der Waals surface area contributed by atoms with Gasteiger partial charge in [0.05, 0.1) is 10.7 Å². The normalized spacial score (nSPS) is 10.6. The number of ether oxygens (including phenoxy) is 1. The summed E-state index contributed by atoms with van der Waals surface area (Å²) in [5.41, 5.74) is -0.0399. The van der Waals surface area contributed by atoms with Gasteiger partial charge in [-0.2, -0.15) is 0 Å². The van der Waals surface area contributed by atoms with Crippen LogP contribution in [-0.4, -0.2) is 30.9 Å². The molecule has 2 amide bonds. The van der Waals surface area contributed by atoms with E-state index in [9.17, 15) is 18.8 Å². The van der Waals surface area contributed by atoms with E-state index in [4.69, 9.17) is 16.3 Å².